The molecular formula is C11H18N4. The lowest BCUT2D eigenvalue weighted by Gasteiger charge is -2.26. The van der Waals surface area contributed by atoms with Gasteiger partial charge in [-0.05, 0) is 12.8 Å². The molecule has 3 rings (SSSR count). The zero-order chi connectivity index (χ0) is 10.1. The van der Waals surface area contributed by atoms with Gasteiger partial charge in [0.1, 0.15) is 0 Å². The minimum atomic E-state index is 0.710. The van der Waals surface area contributed by atoms with Crippen LogP contribution in [0, 0.1) is 0 Å². The molecule has 2 heterocycles. The van der Waals surface area contributed by atoms with Crippen molar-refractivity contribution in [1.29, 1.82) is 0 Å². The van der Waals surface area contributed by atoms with Crippen LogP contribution in [-0.4, -0.2) is 40.9 Å². The van der Waals surface area contributed by atoms with Crippen LogP contribution in [0.2, 0.25) is 0 Å². The smallest absolute Gasteiger partial charge is 0.0534 e. The SMILES string of the molecule is c1nn(C2CC2)cc1CN1CCNCC1. The van der Waals surface area contributed by atoms with Gasteiger partial charge in [0.05, 0.1) is 12.2 Å². The molecule has 1 saturated carbocycles. The summed E-state index contributed by atoms with van der Waals surface area (Å²) in [6.07, 6.45) is 6.88. The predicted octanol–water partition coefficient (Wildman–Crippen LogP) is 0.623. The molecule has 0 bridgehead atoms. The van der Waals surface area contributed by atoms with Crippen LogP contribution in [0.1, 0.15) is 24.4 Å². The molecule has 0 aromatic carbocycles. The minimum Gasteiger partial charge on any atom is -0.314 e. The van der Waals surface area contributed by atoms with Crippen LogP contribution in [0.25, 0.3) is 0 Å². The van der Waals surface area contributed by atoms with E-state index in [2.05, 4.69) is 26.2 Å². The standard InChI is InChI=1S/C11H18N4/c1-2-11(1)15-9-10(7-13-15)8-14-5-3-12-4-6-14/h7,9,11-12H,1-6,8H2. The molecular weight excluding hydrogens is 188 g/mol. The number of nitrogens with one attached hydrogen (secondary N) is 1. The van der Waals surface area contributed by atoms with E-state index in [4.69, 9.17) is 0 Å². The summed E-state index contributed by atoms with van der Waals surface area (Å²) in [5.74, 6) is 0. The highest BCUT2D eigenvalue weighted by Crippen LogP contribution is 2.34. The van der Waals surface area contributed by atoms with Crippen molar-refractivity contribution in [1.82, 2.24) is 20.0 Å². The van der Waals surface area contributed by atoms with Crippen molar-refractivity contribution in [2.75, 3.05) is 26.2 Å². The quantitative estimate of drug-likeness (QED) is 0.787. The molecule has 1 N–H and O–H groups in total. The molecule has 0 radical (unpaired) electrons. The molecule has 0 atom stereocenters. The molecule has 1 aromatic rings. The third-order valence-electron chi connectivity index (χ3n) is 3.19. The maximum absolute atomic E-state index is 4.42. The first-order valence-electron chi connectivity index (χ1n) is 5.88. The van der Waals surface area contributed by atoms with E-state index in [1.165, 1.54) is 18.4 Å². The second kappa shape index (κ2) is 3.94. The molecule has 4 nitrogen and oxygen atoms in total. The topological polar surface area (TPSA) is 33.1 Å². The molecule has 2 fully saturated rings. The van der Waals surface area contributed by atoms with Gasteiger partial charge in [-0.2, -0.15) is 5.10 Å². The molecule has 0 unspecified atom stereocenters. The Balaban J connectivity index is 1.60. The van der Waals surface area contributed by atoms with Gasteiger partial charge in [-0.3, -0.25) is 9.58 Å². The number of aromatic nitrogens is 2. The molecule has 1 aliphatic carbocycles. The van der Waals surface area contributed by atoms with E-state index >= 15 is 0 Å². The summed E-state index contributed by atoms with van der Waals surface area (Å²) in [6, 6.07) is 0.710. The Morgan fingerprint density at radius 1 is 1.33 bits per heavy atom. The van der Waals surface area contributed by atoms with Gasteiger partial charge in [-0.25, -0.2) is 0 Å². The number of piperazine rings is 1. The zero-order valence-electron chi connectivity index (χ0n) is 9.02. The molecule has 4 heteroatoms. The first-order chi connectivity index (χ1) is 7.42. The Labute approximate surface area is 90.3 Å². The van der Waals surface area contributed by atoms with Gasteiger partial charge in [-0.1, -0.05) is 0 Å². The van der Waals surface area contributed by atoms with Crippen LogP contribution in [0.15, 0.2) is 12.4 Å². The minimum absolute atomic E-state index is 0.710. The van der Waals surface area contributed by atoms with Gasteiger partial charge in [0.15, 0.2) is 0 Å². The summed E-state index contributed by atoms with van der Waals surface area (Å²) in [4.78, 5) is 2.49. The van der Waals surface area contributed by atoms with E-state index in [-0.39, 0.29) is 0 Å². The van der Waals surface area contributed by atoms with E-state index in [1.807, 2.05) is 6.20 Å². The average molecular weight is 206 g/mol. The fourth-order valence-electron chi connectivity index (χ4n) is 2.13. The van der Waals surface area contributed by atoms with Gasteiger partial charge in [0.2, 0.25) is 0 Å². The fraction of sp³-hybridized carbons (Fsp3) is 0.727. The maximum Gasteiger partial charge on any atom is 0.0534 e. The van der Waals surface area contributed by atoms with Crippen molar-refractivity contribution >= 4 is 0 Å². The van der Waals surface area contributed by atoms with Crippen LogP contribution in [0.3, 0.4) is 0 Å². The van der Waals surface area contributed by atoms with Crippen molar-refractivity contribution in [2.24, 2.45) is 0 Å². The van der Waals surface area contributed by atoms with Crippen molar-refractivity contribution in [3.05, 3.63) is 18.0 Å². The summed E-state index contributed by atoms with van der Waals surface area (Å²) in [7, 11) is 0. The van der Waals surface area contributed by atoms with Gasteiger partial charge in [0, 0.05) is 44.5 Å². The van der Waals surface area contributed by atoms with Gasteiger partial charge in [0.25, 0.3) is 0 Å². The summed E-state index contributed by atoms with van der Waals surface area (Å²) < 4.78 is 2.14. The highest BCUT2D eigenvalue weighted by Gasteiger charge is 2.24. The molecule has 1 aliphatic heterocycles. The fourth-order valence-corrected chi connectivity index (χ4v) is 2.13. The largest absolute Gasteiger partial charge is 0.314 e. The van der Waals surface area contributed by atoms with E-state index in [0.717, 1.165) is 32.7 Å². The highest BCUT2D eigenvalue weighted by molar-refractivity contribution is 5.05. The summed E-state index contributed by atoms with van der Waals surface area (Å²) in [6.45, 7) is 5.63. The number of nitrogens with zero attached hydrogens (tertiary/aromatic N) is 3. The van der Waals surface area contributed by atoms with Crippen LogP contribution in [-0.2, 0) is 6.54 Å². The lowest BCUT2D eigenvalue weighted by atomic mass is 10.3. The Bertz CT molecular complexity index is 323. The molecule has 82 valence electrons. The van der Waals surface area contributed by atoms with E-state index in [0.29, 0.717) is 6.04 Å². The van der Waals surface area contributed by atoms with Crippen LogP contribution >= 0.6 is 0 Å². The third-order valence-corrected chi connectivity index (χ3v) is 3.19. The van der Waals surface area contributed by atoms with Crippen molar-refractivity contribution < 1.29 is 0 Å². The van der Waals surface area contributed by atoms with Crippen LogP contribution < -0.4 is 5.32 Å². The molecule has 1 aromatic heterocycles. The predicted molar refractivity (Wildman–Crippen MR) is 58.6 cm³/mol. The lowest BCUT2D eigenvalue weighted by molar-refractivity contribution is 0.233. The summed E-state index contributed by atoms with van der Waals surface area (Å²) in [5.41, 5.74) is 1.36. The normalized spacial score (nSPS) is 23.2. The highest BCUT2D eigenvalue weighted by atomic mass is 15.3. The Morgan fingerprint density at radius 3 is 2.87 bits per heavy atom. The Kier molecular flexibility index (Phi) is 2.46. The second-order valence-electron chi connectivity index (χ2n) is 4.59. The number of hydrogen-bond donors (Lipinski definition) is 1. The average Bonchev–Trinajstić information content (AvgIpc) is 3.02. The van der Waals surface area contributed by atoms with E-state index in [9.17, 15) is 0 Å². The monoisotopic (exact) mass is 206 g/mol. The van der Waals surface area contributed by atoms with Gasteiger partial charge >= 0.3 is 0 Å². The summed E-state index contributed by atoms with van der Waals surface area (Å²) in [5, 5.41) is 7.79. The number of rotatable bonds is 3. The van der Waals surface area contributed by atoms with Crippen LogP contribution in [0.4, 0.5) is 0 Å². The molecule has 15 heavy (non-hydrogen) atoms. The van der Waals surface area contributed by atoms with Crippen molar-refractivity contribution in [2.45, 2.75) is 25.4 Å². The van der Waals surface area contributed by atoms with Gasteiger partial charge in [-0.15, -0.1) is 0 Å². The van der Waals surface area contributed by atoms with E-state index in [1.54, 1.807) is 0 Å². The van der Waals surface area contributed by atoms with Gasteiger partial charge < -0.3 is 5.32 Å². The van der Waals surface area contributed by atoms with Crippen LogP contribution in [0.5, 0.6) is 0 Å². The number of hydrogen-bond acceptors (Lipinski definition) is 3. The Hall–Kier alpha value is -0.870. The maximum atomic E-state index is 4.42. The molecule has 0 spiro atoms. The first-order valence-corrected chi connectivity index (χ1v) is 5.88. The molecule has 1 saturated heterocycles. The second-order valence-corrected chi connectivity index (χ2v) is 4.59. The lowest BCUT2D eigenvalue weighted by Crippen LogP contribution is -2.42. The molecule has 2 aliphatic rings. The zero-order valence-corrected chi connectivity index (χ0v) is 9.02. The molecule has 0 amide bonds. The van der Waals surface area contributed by atoms with Crippen molar-refractivity contribution in [3.63, 3.8) is 0 Å². The van der Waals surface area contributed by atoms with Crippen molar-refractivity contribution in [3.8, 4) is 0 Å². The van der Waals surface area contributed by atoms with E-state index < -0.39 is 0 Å². The summed E-state index contributed by atoms with van der Waals surface area (Å²) >= 11 is 0. The first kappa shape index (κ1) is 9.36. The third kappa shape index (κ3) is 2.21. The Morgan fingerprint density at radius 2 is 2.13 bits per heavy atom.